The molecule has 1 aromatic carbocycles. The molecule has 0 radical (unpaired) electrons. The number of carbonyl (C=O) groups excluding carboxylic acids is 1. The van der Waals surface area contributed by atoms with Crippen molar-refractivity contribution in [1.29, 1.82) is 0 Å². The summed E-state index contributed by atoms with van der Waals surface area (Å²) in [5.41, 5.74) is -0.632. The molecule has 0 N–H and O–H groups in total. The zero-order valence-electron chi connectivity index (χ0n) is 12.2. The summed E-state index contributed by atoms with van der Waals surface area (Å²) in [6.45, 7) is 0. The molecule has 116 valence electrons. The highest BCUT2D eigenvalue weighted by molar-refractivity contribution is 7.84. The van der Waals surface area contributed by atoms with Crippen LogP contribution < -0.4 is 10.4 Å². The normalized spacial score (nSPS) is 11.8. The highest BCUT2D eigenvalue weighted by Crippen LogP contribution is 2.24. The van der Waals surface area contributed by atoms with E-state index in [0.29, 0.717) is 11.3 Å². The summed E-state index contributed by atoms with van der Waals surface area (Å²) in [7, 11) is 1.13. The molecule has 2 rings (SSSR count). The van der Waals surface area contributed by atoms with E-state index in [-0.39, 0.29) is 16.2 Å². The molecule has 1 aromatic heterocycles. The van der Waals surface area contributed by atoms with Crippen molar-refractivity contribution in [2.75, 3.05) is 20.5 Å². The van der Waals surface area contributed by atoms with Crippen molar-refractivity contribution >= 4 is 16.8 Å². The van der Waals surface area contributed by atoms with E-state index >= 15 is 0 Å². The van der Waals surface area contributed by atoms with Crippen LogP contribution in [0.25, 0.3) is 11.3 Å². The van der Waals surface area contributed by atoms with Gasteiger partial charge < -0.3 is 13.9 Å². The van der Waals surface area contributed by atoms with Gasteiger partial charge in [-0.05, 0) is 30.3 Å². The van der Waals surface area contributed by atoms with Crippen LogP contribution in [0.5, 0.6) is 5.75 Å². The van der Waals surface area contributed by atoms with Gasteiger partial charge in [0, 0.05) is 11.8 Å². The van der Waals surface area contributed by atoms with Crippen LogP contribution in [0.15, 0.2) is 44.4 Å². The Kier molecular flexibility index (Phi) is 4.77. The molecule has 0 aliphatic rings. The Bertz CT molecular complexity index is 776. The van der Waals surface area contributed by atoms with E-state index in [4.69, 9.17) is 9.15 Å². The first-order valence-electron chi connectivity index (χ1n) is 6.22. The molecule has 0 fully saturated rings. The molecule has 22 heavy (non-hydrogen) atoms. The number of benzene rings is 1. The second-order valence-electron chi connectivity index (χ2n) is 4.31. The molecule has 0 aliphatic heterocycles. The van der Waals surface area contributed by atoms with Crippen molar-refractivity contribution in [3.05, 3.63) is 46.3 Å². The van der Waals surface area contributed by atoms with Gasteiger partial charge in [-0.2, -0.15) is 0 Å². The fraction of sp³-hybridized carbons (Fsp3) is 0.200. The average Bonchev–Trinajstić information content (AvgIpc) is 2.53. The zero-order chi connectivity index (χ0) is 16.3. The van der Waals surface area contributed by atoms with Crippen LogP contribution >= 0.6 is 0 Å². The molecule has 0 spiro atoms. The highest BCUT2D eigenvalue weighted by atomic mass is 32.2. The Morgan fingerprint density at radius 3 is 2.32 bits per heavy atom. The Morgan fingerprint density at radius 2 is 1.82 bits per heavy atom. The second-order valence-corrected chi connectivity index (χ2v) is 5.66. The maximum absolute atomic E-state index is 12.0. The van der Waals surface area contributed by atoms with Gasteiger partial charge in [0.05, 0.1) is 29.9 Å². The van der Waals surface area contributed by atoms with Gasteiger partial charge >= 0.3 is 11.6 Å². The third kappa shape index (κ3) is 3.09. The average molecular weight is 322 g/mol. The van der Waals surface area contributed by atoms with Crippen LogP contribution in [0.3, 0.4) is 0 Å². The molecule has 1 heterocycles. The number of rotatable bonds is 4. The van der Waals surface area contributed by atoms with Crippen LogP contribution in [0, 0.1) is 0 Å². The molecular weight excluding hydrogens is 308 g/mol. The van der Waals surface area contributed by atoms with Gasteiger partial charge in [0.1, 0.15) is 11.5 Å². The van der Waals surface area contributed by atoms with Gasteiger partial charge in [-0.25, -0.2) is 9.59 Å². The van der Waals surface area contributed by atoms with Crippen molar-refractivity contribution in [2.45, 2.75) is 4.90 Å². The van der Waals surface area contributed by atoms with E-state index in [1.165, 1.54) is 12.3 Å². The van der Waals surface area contributed by atoms with Gasteiger partial charge in [-0.3, -0.25) is 4.21 Å². The van der Waals surface area contributed by atoms with E-state index in [1.54, 1.807) is 31.4 Å². The molecule has 0 amide bonds. The standard InChI is InChI=1S/C15H14O6S/c1-19-10-6-4-9(5-7-10)11-8-12(22(3)18)13(14(16)20-2)15(17)21-11/h4-8H,1-3H3. The molecule has 0 aliphatic carbocycles. The van der Waals surface area contributed by atoms with Crippen LogP contribution in [-0.2, 0) is 15.5 Å². The maximum Gasteiger partial charge on any atom is 0.352 e. The lowest BCUT2D eigenvalue weighted by Gasteiger charge is -2.07. The van der Waals surface area contributed by atoms with Crippen LogP contribution in [0.1, 0.15) is 10.4 Å². The lowest BCUT2D eigenvalue weighted by atomic mass is 10.1. The fourth-order valence-corrected chi connectivity index (χ4v) is 2.61. The van der Waals surface area contributed by atoms with E-state index in [0.717, 1.165) is 7.11 Å². The molecule has 7 heteroatoms. The highest BCUT2D eigenvalue weighted by Gasteiger charge is 2.22. The number of esters is 1. The van der Waals surface area contributed by atoms with Crippen molar-refractivity contribution in [2.24, 2.45) is 0 Å². The number of methoxy groups -OCH3 is 2. The zero-order valence-corrected chi connectivity index (χ0v) is 13.1. The van der Waals surface area contributed by atoms with E-state index in [1.807, 2.05) is 0 Å². The summed E-state index contributed by atoms with van der Waals surface area (Å²) in [5, 5.41) is 0. The molecule has 2 aromatic rings. The predicted octanol–water partition coefficient (Wildman–Crippen LogP) is 1.84. The summed E-state index contributed by atoms with van der Waals surface area (Å²) < 4.78 is 26.6. The van der Waals surface area contributed by atoms with Gasteiger partial charge in [0.2, 0.25) is 0 Å². The topological polar surface area (TPSA) is 82.8 Å². The van der Waals surface area contributed by atoms with Crippen LogP contribution in [-0.4, -0.2) is 30.7 Å². The SMILES string of the molecule is COC(=O)c1c(S(C)=O)cc(-c2ccc(OC)cc2)oc1=O. The van der Waals surface area contributed by atoms with Gasteiger partial charge in [0.25, 0.3) is 0 Å². The Balaban J connectivity index is 2.61. The molecular formula is C15H14O6S. The number of hydrogen-bond acceptors (Lipinski definition) is 6. The molecule has 0 bridgehead atoms. The summed E-state index contributed by atoms with van der Waals surface area (Å²) in [6.07, 6.45) is 1.37. The quantitative estimate of drug-likeness (QED) is 0.799. The molecule has 1 atom stereocenters. The van der Waals surface area contributed by atoms with Crippen LogP contribution in [0.4, 0.5) is 0 Å². The molecule has 1 unspecified atom stereocenters. The molecule has 0 saturated carbocycles. The third-order valence-electron chi connectivity index (χ3n) is 2.99. The summed E-state index contributed by atoms with van der Waals surface area (Å²) in [6, 6.07) is 8.19. The van der Waals surface area contributed by atoms with Gasteiger partial charge in [-0.1, -0.05) is 0 Å². The van der Waals surface area contributed by atoms with Crippen molar-refractivity contribution in [3.63, 3.8) is 0 Å². The fourth-order valence-electron chi connectivity index (χ4n) is 1.88. The first-order chi connectivity index (χ1) is 10.5. The number of ether oxygens (including phenoxy) is 2. The first-order valence-corrected chi connectivity index (χ1v) is 7.78. The van der Waals surface area contributed by atoms with E-state index in [2.05, 4.69) is 4.74 Å². The minimum atomic E-state index is -1.55. The monoisotopic (exact) mass is 322 g/mol. The molecule has 0 saturated heterocycles. The minimum Gasteiger partial charge on any atom is -0.497 e. The number of carbonyl (C=O) groups is 1. The van der Waals surface area contributed by atoms with Gasteiger partial charge in [0.15, 0.2) is 5.56 Å². The lowest BCUT2D eigenvalue weighted by Crippen LogP contribution is -2.19. The Labute approximate surface area is 129 Å². The molecule has 6 nitrogen and oxygen atoms in total. The summed E-state index contributed by atoms with van der Waals surface area (Å²) in [4.78, 5) is 23.8. The van der Waals surface area contributed by atoms with E-state index in [9.17, 15) is 13.8 Å². The van der Waals surface area contributed by atoms with Gasteiger partial charge in [-0.15, -0.1) is 0 Å². The smallest absolute Gasteiger partial charge is 0.352 e. The Morgan fingerprint density at radius 1 is 1.18 bits per heavy atom. The van der Waals surface area contributed by atoms with Crippen molar-refractivity contribution in [1.82, 2.24) is 0 Å². The first kappa shape index (κ1) is 16.0. The Hall–Kier alpha value is -2.41. The van der Waals surface area contributed by atoms with Crippen LogP contribution in [0.2, 0.25) is 0 Å². The second kappa shape index (κ2) is 6.57. The van der Waals surface area contributed by atoms with E-state index < -0.39 is 22.4 Å². The third-order valence-corrected chi connectivity index (χ3v) is 3.93. The minimum absolute atomic E-state index is 0.0777. The summed E-state index contributed by atoms with van der Waals surface area (Å²) >= 11 is 0. The maximum atomic E-state index is 12.0. The van der Waals surface area contributed by atoms with Crippen molar-refractivity contribution in [3.8, 4) is 17.1 Å². The summed E-state index contributed by atoms with van der Waals surface area (Å²) in [5.74, 6) is -0.0118. The number of hydrogen-bond donors (Lipinski definition) is 0. The largest absolute Gasteiger partial charge is 0.497 e. The lowest BCUT2D eigenvalue weighted by molar-refractivity contribution is 0.0591. The van der Waals surface area contributed by atoms with Crippen molar-refractivity contribution < 1.29 is 22.9 Å². The predicted molar refractivity (Wildman–Crippen MR) is 80.6 cm³/mol.